The Morgan fingerprint density at radius 3 is 1.84 bits per heavy atom. The summed E-state index contributed by atoms with van der Waals surface area (Å²) in [5.74, 6) is 0. The quantitative estimate of drug-likeness (QED) is 0.763. The molecule has 0 amide bonds. The van der Waals surface area contributed by atoms with Crippen LogP contribution in [0.2, 0.25) is 10.1 Å². The molecule has 0 spiro atoms. The fourth-order valence-electron chi connectivity index (χ4n) is 2.95. The molecule has 2 nitrogen and oxygen atoms in total. The lowest BCUT2D eigenvalue weighted by Crippen LogP contribution is -2.56. The van der Waals surface area contributed by atoms with Crippen LogP contribution in [0.4, 0.5) is 0 Å². The van der Waals surface area contributed by atoms with E-state index in [1.807, 2.05) is 18.2 Å². The van der Waals surface area contributed by atoms with Crippen molar-refractivity contribution >= 4 is 14.8 Å². The molecule has 0 aliphatic carbocycles. The van der Waals surface area contributed by atoms with Crippen LogP contribution in [0.15, 0.2) is 30.3 Å². The van der Waals surface area contributed by atoms with Crippen LogP contribution in [0.1, 0.15) is 47.1 Å². The highest BCUT2D eigenvalue weighted by molar-refractivity contribution is 6.79. The van der Waals surface area contributed by atoms with Gasteiger partial charge in [0.15, 0.2) is 0 Å². The minimum absolute atomic E-state index is 0.0432. The Labute approximate surface area is 118 Å². The molecule has 0 aliphatic rings. The average Bonchev–Trinajstić information content (AvgIpc) is 2.26. The van der Waals surface area contributed by atoms with E-state index in [0.717, 1.165) is 6.04 Å². The zero-order valence-electron chi connectivity index (χ0n) is 12.9. The lowest BCUT2D eigenvalue weighted by Gasteiger charge is -2.48. The maximum absolute atomic E-state index is 11.0. The van der Waals surface area contributed by atoms with E-state index in [9.17, 15) is 4.79 Å². The van der Waals surface area contributed by atoms with Gasteiger partial charge in [0, 0.05) is 6.04 Å². The minimum atomic E-state index is -2.36. The fraction of sp³-hybridized carbons (Fsp3) is 0.562. The van der Waals surface area contributed by atoms with Crippen molar-refractivity contribution in [2.45, 2.75) is 57.7 Å². The molecule has 0 heterocycles. The first kappa shape index (κ1) is 16.0. The number of benzene rings is 1. The van der Waals surface area contributed by atoms with Gasteiger partial charge in [-0.15, -0.1) is 0 Å². The lowest BCUT2D eigenvalue weighted by molar-refractivity contribution is 0.374. The molecule has 0 atom stereocenters. The van der Waals surface area contributed by atoms with Gasteiger partial charge in [-0.3, -0.25) is 0 Å². The van der Waals surface area contributed by atoms with E-state index in [4.69, 9.17) is 4.43 Å². The highest BCUT2D eigenvalue weighted by atomic mass is 28.4. The molecule has 105 valence electrons. The molecular formula is C16H25O2Si. The maximum atomic E-state index is 11.0. The Bertz CT molecular complexity index is 399. The highest BCUT2D eigenvalue weighted by Gasteiger charge is 2.56. The van der Waals surface area contributed by atoms with Crippen LogP contribution in [-0.4, -0.2) is 14.8 Å². The standard InChI is InChI=1S/C16H25O2Si/c1-15(2,3)19(18-13-17,16(4,5)6)12-14-10-8-7-9-11-14/h7-11H,12H2,1-6H3. The van der Waals surface area contributed by atoms with Gasteiger partial charge in [-0.2, -0.15) is 0 Å². The minimum Gasteiger partial charge on any atom is -0.509 e. The van der Waals surface area contributed by atoms with Gasteiger partial charge in [0.25, 0.3) is 8.32 Å². The summed E-state index contributed by atoms with van der Waals surface area (Å²) in [4.78, 5) is 11.0. The summed E-state index contributed by atoms with van der Waals surface area (Å²) >= 11 is 0. The van der Waals surface area contributed by atoms with Crippen molar-refractivity contribution in [2.24, 2.45) is 0 Å². The average molecular weight is 277 g/mol. The van der Waals surface area contributed by atoms with Crippen LogP contribution in [-0.2, 0) is 15.3 Å². The van der Waals surface area contributed by atoms with Gasteiger partial charge in [0.2, 0.25) is 0 Å². The molecule has 1 aromatic rings. The molecule has 19 heavy (non-hydrogen) atoms. The Morgan fingerprint density at radius 1 is 1.00 bits per heavy atom. The van der Waals surface area contributed by atoms with Crippen molar-refractivity contribution in [1.29, 1.82) is 0 Å². The number of carbonyl (C=O) groups excluding carboxylic acids is 1. The molecule has 0 aliphatic heterocycles. The third-order valence-electron chi connectivity index (χ3n) is 3.93. The molecule has 3 heteroatoms. The third-order valence-corrected chi connectivity index (χ3v) is 10.1. The molecule has 0 N–H and O–H groups in total. The second-order valence-electron chi connectivity index (χ2n) is 7.17. The third kappa shape index (κ3) is 3.27. The summed E-state index contributed by atoms with van der Waals surface area (Å²) < 4.78 is 5.70. The van der Waals surface area contributed by atoms with Crippen molar-refractivity contribution < 1.29 is 9.22 Å². The van der Waals surface area contributed by atoms with Gasteiger partial charge < -0.3 is 4.43 Å². The monoisotopic (exact) mass is 277 g/mol. The molecule has 1 radical (unpaired) electrons. The zero-order valence-corrected chi connectivity index (χ0v) is 13.9. The van der Waals surface area contributed by atoms with Crippen LogP contribution in [0.3, 0.4) is 0 Å². The van der Waals surface area contributed by atoms with Crippen molar-refractivity contribution in [3.05, 3.63) is 35.9 Å². The topological polar surface area (TPSA) is 26.3 Å². The highest BCUT2D eigenvalue weighted by Crippen LogP contribution is 2.52. The van der Waals surface area contributed by atoms with Gasteiger partial charge in [0.1, 0.15) is 0 Å². The number of rotatable bonds is 4. The SMILES string of the molecule is CC(C)(C)[Si](Cc1ccccc1)(O[C]=O)C(C)(C)C. The first-order valence-corrected chi connectivity index (χ1v) is 8.85. The van der Waals surface area contributed by atoms with E-state index in [1.54, 1.807) is 6.47 Å². The van der Waals surface area contributed by atoms with Crippen LogP contribution < -0.4 is 0 Å². The predicted molar refractivity (Wildman–Crippen MR) is 82.1 cm³/mol. The second kappa shape index (κ2) is 5.49. The van der Waals surface area contributed by atoms with Crippen LogP contribution in [0, 0.1) is 0 Å². The normalized spacial score (nSPS) is 13.2. The molecule has 0 unspecified atom stereocenters. The van der Waals surface area contributed by atoms with Crippen LogP contribution in [0.5, 0.6) is 0 Å². The first-order valence-electron chi connectivity index (χ1n) is 6.73. The Morgan fingerprint density at radius 2 is 1.47 bits per heavy atom. The van der Waals surface area contributed by atoms with E-state index < -0.39 is 8.32 Å². The van der Waals surface area contributed by atoms with Crippen molar-refractivity contribution in [2.75, 3.05) is 0 Å². The smallest absolute Gasteiger partial charge is 0.402 e. The van der Waals surface area contributed by atoms with Crippen molar-refractivity contribution in [1.82, 2.24) is 0 Å². The Hall–Kier alpha value is -1.09. The fourth-order valence-corrected chi connectivity index (χ4v) is 7.90. The summed E-state index contributed by atoms with van der Waals surface area (Å²) in [6.07, 6.45) is 0. The first-order chi connectivity index (χ1) is 8.64. The van der Waals surface area contributed by atoms with Gasteiger partial charge in [-0.05, 0) is 15.6 Å². The second-order valence-corrected chi connectivity index (χ2v) is 12.4. The summed E-state index contributed by atoms with van der Waals surface area (Å²) in [6, 6.07) is 11.1. The predicted octanol–water partition coefficient (Wildman–Crippen LogP) is 4.40. The Balaban J connectivity index is 3.29. The zero-order chi connectivity index (χ0) is 14.7. The van der Waals surface area contributed by atoms with Gasteiger partial charge in [0.05, 0.1) is 0 Å². The van der Waals surface area contributed by atoms with Gasteiger partial charge >= 0.3 is 6.47 Å². The molecule has 0 saturated carbocycles. The van der Waals surface area contributed by atoms with E-state index in [2.05, 4.69) is 53.7 Å². The number of hydrogen-bond donors (Lipinski definition) is 0. The molecule has 0 bridgehead atoms. The largest absolute Gasteiger partial charge is 0.509 e. The van der Waals surface area contributed by atoms with Gasteiger partial charge in [-0.25, -0.2) is 4.79 Å². The van der Waals surface area contributed by atoms with E-state index in [1.165, 1.54) is 5.56 Å². The van der Waals surface area contributed by atoms with E-state index in [-0.39, 0.29) is 10.1 Å². The Kier molecular flexibility index (Phi) is 4.61. The molecule has 0 saturated heterocycles. The van der Waals surface area contributed by atoms with Crippen LogP contribution in [0.25, 0.3) is 0 Å². The van der Waals surface area contributed by atoms with Crippen LogP contribution >= 0.6 is 0 Å². The molecule has 1 rings (SSSR count). The van der Waals surface area contributed by atoms with E-state index in [0.29, 0.717) is 0 Å². The molecule has 0 fully saturated rings. The number of hydrogen-bond acceptors (Lipinski definition) is 2. The summed E-state index contributed by atoms with van der Waals surface area (Å²) in [5, 5.41) is -0.0863. The molecular weight excluding hydrogens is 252 g/mol. The summed E-state index contributed by atoms with van der Waals surface area (Å²) in [5.41, 5.74) is 1.23. The van der Waals surface area contributed by atoms with Crippen molar-refractivity contribution in [3.8, 4) is 0 Å². The van der Waals surface area contributed by atoms with Gasteiger partial charge in [-0.1, -0.05) is 71.9 Å². The maximum Gasteiger partial charge on any atom is 0.402 e. The molecule has 1 aromatic carbocycles. The van der Waals surface area contributed by atoms with Crippen molar-refractivity contribution in [3.63, 3.8) is 0 Å². The summed E-state index contributed by atoms with van der Waals surface area (Å²) in [7, 11) is -2.36. The summed E-state index contributed by atoms with van der Waals surface area (Å²) in [6.45, 7) is 14.8. The lowest BCUT2D eigenvalue weighted by atomic mass is 10.2. The van der Waals surface area contributed by atoms with E-state index >= 15 is 0 Å². The molecule has 0 aromatic heterocycles.